The summed E-state index contributed by atoms with van der Waals surface area (Å²) in [6.45, 7) is 0.193. The number of hydrogen-bond acceptors (Lipinski definition) is 3. The topological polar surface area (TPSA) is 52.3 Å². The van der Waals surface area contributed by atoms with Crippen LogP contribution in [0.25, 0.3) is 0 Å². The van der Waals surface area contributed by atoms with Crippen LogP contribution >= 0.6 is 15.9 Å². The highest BCUT2D eigenvalue weighted by Crippen LogP contribution is 2.29. The lowest BCUT2D eigenvalue weighted by Crippen LogP contribution is -1.98. The first-order valence-electron chi connectivity index (χ1n) is 3.00. The van der Waals surface area contributed by atoms with E-state index in [0.29, 0.717) is 0 Å². The molecule has 0 atom stereocenters. The van der Waals surface area contributed by atoms with Gasteiger partial charge in [0.25, 0.3) is 6.47 Å². The molecule has 0 saturated carbocycles. The van der Waals surface area contributed by atoms with Gasteiger partial charge in [-0.15, -0.1) is 0 Å². The van der Waals surface area contributed by atoms with Crippen LogP contribution in [0.5, 0.6) is 5.75 Å². The highest BCUT2D eigenvalue weighted by Gasteiger charge is 2.09. The van der Waals surface area contributed by atoms with E-state index in [1.807, 2.05) is 0 Å². The van der Waals surface area contributed by atoms with Crippen LogP contribution in [0.2, 0.25) is 0 Å². The SMILES string of the molecule is Nc1c(OC=O)ccc(Br)c1F. The fraction of sp³-hybridized carbons (Fsp3) is 0. The molecular formula is C7H5BrFNO2. The van der Waals surface area contributed by atoms with Crippen molar-refractivity contribution >= 4 is 28.1 Å². The summed E-state index contributed by atoms with van der Waals surface area (Å²) >= 11 is 2.93. The van der Waals surface area contributed by atoms with E-state index in [2.05, 4.69) is 20.7 Å². The maximum Gasteiger partial charge on any atom is 0.298 e. The molecule has 0 radical (unpaired) electrons. The Morgan fingerprint density at radius 1 is 1.58 bits per heavy atom. The molecule has 0 amide bonds. The predicted molar refractivity (Wildman–Crippen MR) is 45.2 cm³/mol. The van der Waals surface area contributed by atoms with Gasteiger partial charge in [0, 0.05) is 0 Å². The van der Waals surface area contributed by atoms with Crippen LogP contribution in [-0.4, -0.2) is 6.47 Å². The first-order valence-corrected chi connectivity index (χ1v) is 3.80. The van der Waals surface area contributed by atoms with Crippen molar-refractivity contribution < 1.29 is 13.9 Å². The van der Waals surface area contributed by atoms with E-state index >= 15 is 0 Å². The van der Waals surface area contributed by atoms with Crippen LogP contribution in [0.1, 0.15) is 0 Å². The van der Waals surface area contributed by atoms with Gasteiger partial charge >= 0.3 is 0 Å². The number of benzene rings is 1. The first kappa shape index (κ1) is 8.99. The summed E-state index contributed by atoms with van der Waals surface area (Å²) < 4.78 is 17.6. The molecule has 64 valence electrons. The quantitative estimate of drug-likeness (QED) is 0.625. The summed E-state index contributed by atoms with van der Waals surface area (Å²) in [5, 5.41) is 0. The highest BCUT2D eigenvalue weighted by atomic mass is 79.9. The van der Waals surface area contributed by atoms with E-state index in [1.165, 1.54) is 12.1 Å². The fourth-order valence-electron chi connectivity index (χ4n) is 0.703. The summed E-state index contributed by atoms with van der Waals surface area (Å²) in [5.74, 6) is -0.611. The Bertz CT molecular complexity index is 317. The number of halogens is 2. The van der Waals surface area contributed by atoms with Crippen LogP contribution < -0.4 is 10.5 Å². The third-order valence-electron chi connectivity index (χ3n) is 1.27. The summed E-state index contributed by atoms with van der Waals surface area (Å²) in [4.78, 5) is 9.91. The Morgan fingerprint density at radius 3 is 2.83 bits per heavy atom. The second-order valence-corrected chi connectivity index (χ2v) is 2.84. The predicted octanol–water partition coefficient (Wildman–Crippen LogP) is 1.71. The van der Waals surface area contributed by atoms with Gasteiger partial charge in [0.05, 0.1) is 4.47 Å². The number of anilines is 1. The lowest BCUT2D eigenvalue weighted by Gasteiger charge is -2.03. The van der Waals surface area contributed by atoms with Crippen molar-refractivity contribution in [3.63, 3.8) is 0 Å². The Hall–Kier alpha value is -1.10. The molecule has 3 nitrogen and oxygen atoms in total. The molecule has 5 heteroatoms. The molecule has 0 spiro atoms. The maximum absolute atomic E-state index is 12.9. The van der Waals surface area contributed by atoms with Gasteiger partial charge in [-0.1, -0.05) is 0 Å². The third-order valence-corrected chi connectivity index (χ3v) is 1.88. The maximum atomic E-state index is 12.9. The lowest BCUT2D eigenvalue weighted by atomic mass is 10.3. The molecule has 0 aromatic heterocycles. The molecule has 12 heavy (non-hydrogen) atoms. The summed E-state index contributed by atoms with van der Waals surface area (Å²) in [6.07, 6.45) is 0. The molecule has 0 aliphatic carbocycles. The average Bonchev–Trinajstić information content (AvgIpc) is 2.07. The number of hydrogen-bond donors (Lipinski definition) is 1. The minimum absolute atomic E-state index is 0.0192. The molecular weight excluding hydrogens is 229 g/mol. The molecule has 0 fully saturated rings. The zero-order valence-corrected chi connectivity index (χ0v) is 7.47. The molecule has 1 aromatic rings. The minimum Gasteiger partial charge on any atom is -0.426 e. The molecule has 0 aliphatic rings. The van der Waals surface area contributed by atoms with Crippen LogP contribution in [0.4, 0.5) is 10.1 Å². The van der Waals surface area contributed by atoms with E-state index in [-0.39, 0.29) is 22.4 Å². The largest absolute Gasteiger partial charge is 0.426 e. The van der Waals surface area contributed by atoms with Crippen LogP contribution in [0.15, 0.2) is 16.6 Å². The summed E-state index contributed by atoms with van der Waals surface area (Å²) in [7, 11) is 0. The van der Waals surface area contributed by atoms with E-state index < -0.39 is 5.82 Å². The molecule has 2 N–H and O–H groups in total. The summed E-state index contributed by atoms with van der Waals surface area (Å²) in [6, 6.07) is 2.81. The summed E-state index contributed by atoms with van der Waals surface area (Å²) in [5.41, 5.74) is 5.10. The van der Waals surface area contributed by atoms with E-state index in [0.717, 1.165) is 0 Å². The van der Waals surface area contributed by atoms with Crippen molar-refractivity contribution in [3.05, 3.63) is 22.4 Å². The Kier molecular flexibility index (Phi) is 2.65. The average molecular weight is 234 g/mol. The molecule has 0 saturated heterocycles. The third kappa shape index (κ3) is 1.55. The number of nitrogens with two attached hydrogens (primary N) is 1. The van der Waals surface area contributed by atoms with E-state index in [1.54, 1.807) is 0 Å². The van der Waals surface area contributed by atoms with Crippen molar-refractivity contribution in [1.29, 1.82) is 0 Å². The Balaban J connectivity index is 3.16. The van der Waals surface area contributed by atoms with Gasteiger partial charge in [-0.25, -0.2) is 4.39 Å². The number of carbonyl (C=O) groups is 1. The molecule has 0 aliphatic heterocycles. The number of rotatable bonds is 2. The zero-order valence-electron chi connectivity index (χ0n) is 5.88. The van der Waals surface area contributed by atoms with E-state index in [4.69, 9.17) is 5.73 Å². The first-order chi connectivity index (χ1) is 5.66. The number of ether oxygens (including phenoxy) is 1. The van der Waals surface area contributed by atoms with Crippen LogP contribution in [-0.2, 0) is 4.79 Å². The standard InChI is InChI=1S/C7H5BrFNO2/c8-4-1-2-5(12-3-11)7(10)6(4)9/h1-3H,10H2. The molecule has 0 heterocycles. The van der Waals surface area contributed by atoms with Crippen molar-refractivity contribution in [2.45, 2.75) is 0 Å². The van der Waals surface area contributed by atoms with Crippen molar-refractivity contribution in [3.8, 4) is 5.75 Å². The van der Waals surface area contributed by atoms with Gasteiger partial charge in [-0.3, -0.25) is 4.79 Å². The zero-order chi connectivity index (χ0) is 9.14. The van der Waals surface area contributed by atoms with Gasteiger partial charge in [-0.05, 0) is 28.1 Å². The molecule has 0 bridgehead atoms. The molecule has 0 unspecified atom stereocenters. The minimum atomic E-state index is -0.630. The van der Waals surface area contributed by atoms with Crippen LogP contribution in [0, 0.1) is 5.82 Å². The number of carbonyl (C=O) groups excluding carboxylic acids is 1. The lowest BCUT2D eigenvalue weighted by molar-refractivity contribution is -0.120. The van der Waals surface area contributed by atoms with Gasteiger partial charge in [-0.2, -0.15) is 0 Å². The fourth-order valence-corrected chi connectivity index (χ4v) is 1.05. The second kappa shape index (κ2) is 3.53. The van der Waals surface area contributed by atoms with Crippen molar-refractivity contribution in [1.82, 2.24) is 0 Å². The van der Waals surface area contributed by atoms with Gasteiger partial charge < -0.3 is 10.5 Å². The Morgan fingerprint density at radius 2 is 2.25 bits per heavy atom. The normalized spacial score (nSPS) is 9.50. The molecule has 1 aromatic carbocycles. The van der Waals surface area contributed by atoms with Gasteiger partial charge in [0.2, 0.25) is 0 Å². The van der Waals surface area contributed by atoms with Crippen LogP contribution in [0.3, 0.4) is 0 Å². The van der Waals surface area contributed by atoms with Crippen molar-refractivity contribution in [2.24, 2.45) is 0 Å². The smallest absolute Gasteiger partial charge is 0.298 e. The second-order valence-electron chi connectivity index (χ2n) is 1.99. The highest BCUT2D eigenvalue weighted by molar-refractivity contribution is 9.10. The van der Waals surface area contributed by atoms with Gasteiger partial charge in [0.15, 0.2) is 11.6 Å². The Labute approximate surface area is 76.4 Å². The molecule has 1 rings (SSSR count). The monoisotopic (exact) mass is 233 g/mol. The van der Waals surface area contributed by atoms with Crippen molar-refractivity contribution in [2.75, 3.05) is 5.73 Å². The number of nitrogen functional groups attached to an aromatic ring is 1. The van der Waals surface area contributed by atoms with Gasteiger partial charge in [0.1, 0.15) is 5.69 Å². The van der Waals surface area contributed by atoms with E-state index in [9.17, 15) is 9.18 Å².